The molecule has 0 atom stereocenters. The highest BCUT2D eigenvalue weighted by molar-refractivity contribution is 7.17. The van der Waals surface area contributed by atoms with E-state index in [1.807, 2.05) is 0 Å². The second-order valence-electron chi connectivity index (χ2n) is 4.52. The molecule has 18 heavy (non-hydrogen) atoms. The van der Waals surface area contributed by atoms with Crippen molar-refractivity contribution in [1.82, 2.24) is 4.98 Å². The highest BCUT2D eigenvalue weighted by atomic mass is 32.1. The first-order chi connectivity index (χ1) is 8.66. The molecule has 0 N–H and O–H groups in total. The van der Waals surface area contributed by atoms with Crippen LogP contribution in [0.2, 0.25) is 0 Å². The molecule has 2 aromatic heterocycles. The minimum Gasteiger partial charge on any atom is -0.235 e. The topological polar surface area (TPSA) is 16.8 Å². The molecule has 0 bridgehead atoms. The summed E-state index contributed by atoms with van der Waals surface area (Å²) in [5.41, 5.74) is 4.91. The fourth-order valence-electron chi connectivity index (χ4n) is 2.29. The predicted molar refractivity (Wildman–Crippen MR) is 75.7 cm³/mol. The lowest BCUT2D eigenvalue weighted by Crippen LogP contribution is -2.31. The maximum atomic E-state index is 4.53. The van der Waals surface area contributed by atoms with Crippen molar-refractivity contribution in [3.63, 3.8) is 0 Å². The number of hydrogen-bond acceptors (Lipinski definition) is 2. The van der Waals surface area contributed by atoms with Gasteiger partial charge in [0.2, 0.25) is 5.69 Å². The van der Waals surface area contributed by atoms with Crippen molar-refractivity contribution in [3.8, 4) is 11.3 Å². The third-order valence-corrected chi connectivity index (χ3v) is 4.29. The van der Waals surface area contributed by atoms with Gasteiger partial charge in [0, 0.05) is 11.6 Å². The molecule has 90 valence electrons. The summed E-state index contributed by atoms with van der Waals surface area (Å²) in [4.78, 5) is 5.76. The summed E-state index contributed by atoms with van der Waals surface area (Å²) in [5, 5.41) is 1.11. The number of fused-ring (bicyclic) bond motifs is 1. The third-order valence-electron chi connectivity index (χ3n) is 3.23. The van der Waals surface area contributed by atoms with Crippen LogP contribution in [0.15, 0.2) is 36.4 Å². The van der Waals surface area contributed by atoms with Crippen LogP contribution in [0.5, 0.6) is 0 Å². The van der Waals surface area contributed by atoms with Crippen molar-refractivity contribution in [2.45, 2.75) is 13.8 Å². The van der Waals surface area contributed by atoms with Crippen molar-refractivity contribution in [1.29, 1.82) is 0 Å². The molecule has 0 saturated carbocycles. The summed E-state index contributed by atoms with van der Waals surface area (Å²) in [7, 11) is 2.11. The van der Waals surface area contributed by atoms with Gasteiger partial charge in [-0.3, -0.25) is 0 Å². The fourth-order valence-corrected chi connectivity index (χ4v) is 3.17. The third kappa shape index (κ3) is 1.71. The summed E-state index contributed by atoms with van der Waals surface area (Å²) in [5.74, 6) is 0. The summed E-state index contributed by atoms with van der Waals surface area (Å²) in [6.45, 7) is 4.20. The maximum absolute atomic E-state index is 4.53. The molecule has 0 unspecified atom stereocenters. The van der Waals surface area contributed by atoms with Crippen LogP contribution in [0.4, 0.5) is 0 Å². The molecule has 1 aromatic carbocycles. The van der Waals surface area contributed by atoms with E-state index in [2.05, 4.69) is 66.8 Å². The molecule has 3 heteroatoms. The van der Waals surface area contributed by atoms with Crippen LogP contribution >= 0.6 is 11.3 Å². The molecule has 0 fully saturated rings. The molecule has 0 spiro atoms. The average Bonchev–Trinajstić information content (AvgIpc) is 2.73. The number of aryl methyl sites for hydroxylation is 3. The first-order valence-corrected chi connectivity index (χ1v) is 6.80. The van der Waals surface area contributed by atoms with E-state index in [1.54, 1.807) is 11.3 Å². The number of hydrogen-bond donors (Lipinski definition) is 0. The van der Waals surface area contributed by atoms with Gasteiger partial charge in [0.25, 0.3) is 4.83 Å². The predicted octanol–water partition coefficient (Wildman–Crippen LogP) is 3.40. The SMILES string of the molecule is Cc1nc2ccc(-c3ccccc3C)[n+](C)c2s1. The van der Waals surface area contributed by atoms with Crippen LogP contribution in [0.1, 0.15) is 10.6 Å². The highest BCUT2D eigenvalue weighted by Crippen LogP contribution is 2.24. The zero-order valence-electron chi connectivity index (χ0n) is 10.8. The van der Waals surface area contributed by atoms with E-state index in [4.69, 9.17) is 0 Å². The highest BCUT2D eigenvalue weighted by Gasteiger charge is 2.17. The van der Waals surface area contributed by atoms with E-state index in [0.29, 0.717) is 0 Å². The zero-order valence-corrected chi connectivity index (χ0v) is 11.6. The summed E-state index contributed by atoms with van der Waals surface area (Å²) in [6.07, 6.45) is 0. The lowest BCUT2D eigenvalue weighted by atomic mass is 10.1. The van der Waals surface area contributed by atoms with Crippen molar-refractivity contribution in [3.05, 3.63) is 47.0 Å². The van der Waals surface area contributed by atoms with E-state index in [-0.39, 0.29) is 0 Å². The second-order valence-corrected chi connectivity index (χ2v) is 5.70. The Bertz CT molecular complexity index is 728. The minimum atomic E-state index is 1.08. The van der Waals surface area contributed by atoms with Gasteiger partial charge in [-0.15, -0.1) is 0 Å². The first kappa shape index (κ1) is 11.4. The van der Waals surface area contributed by atoms with Crippen molar-refractivity contribution < 1.29 is 4.57 Å². The van der Waals surface area contributed by atoms with E-state index in [9.17, 15) is 0 Å². The van der Waals surface area contributed by atoms with Crippen molar-refractivity contribution in [2.24, 2.45) is 7.05 Å². The molecule has 0 aliphatic heterocycles. The van der Waals surface area contributed by atoms with Crippen LogP contribution in [0.3, 0.4) is 0 Å². The van der Waals surface area contributed by atoms with Gasteiger partial charge >= 0.3 is 0 Å². The van der Waals surface area contributed by atoms with E-state index >= 15 is 0 Å². The van der Waals surface area contributed by atoms with Crippen molar-refractivity contribution in [2.75, 3.05) is 0 Å². The van der Waals surface area contributed by atoms with Crippen LogP contribution in [0.25, 0.3) is 21.6 Å². The largest absolute Gasteiger partial charge is 0.289 e. The van der Waals surface area contributed by atoms with Gasteiger partial charge in [-0.1, -0.05) is 29.5 Å². The molecule has 0 aliphatic rings. The van der Waals surface area contributed by atoms with Gasteiger partial charge in [-0.25, -0.2) is 4.98 Å². The standard InChI is InChI=1S/C15H15N2S/c1-10-6-4-5-7-12(10)14-9-8-13-15(17(14)3)18-11(2)16-13/h4-9H,1-3H3/q+1. The molecule has 3 aromatic rings. The lowest BCUT2D eigenvalue weighted by molar-refractivity contribution is -0.631. The Morgan fingerprint density at radius 3 is 2.61 bits per heavy atom. The molecule has 2 nitrogen and oxygen atoms in total. The lowest BCUT2D eigenvalue weighted by Gasteiger charge is -2.03. The Hall–Kier alpha value is -1.74. The van der Waals surface area contributed by atoms with Gasteiger partial charge in [-0.2, -0.15) is 4.57 Å². The number of rotatable bonds is 1. The maximum Gasteiger partial charge on any atom is 0.289 e. The molecular weight excluding hydrogens is 240 g/mol. The molecule has 3 rings (SSSR count). The van der Waals surface area contributed by atoms with Gasteiger partial charge in [0.1, 0.15) is 12.6 Å². The molecular formula is C15H15N2S+. The summed E-state index contributed by atoms with van der Waals surface area (Å²) >= 11 is 1.75. The monoisotopic (exact) mass is 255 g/mol. The van der Waals surface area contributed by atoms with Gasteiger partial charge < -0.3 is 0 Å². The summed E-state index contributed by atoms with van der Waals surface area (Å²) in [6, 6.07) is 12.8. The quantitative estimate of drug-likeness (QED) is 0.609. The fraction of sp³-hybridized carbons (Fsp3) is 0.200. The number of aromatic nitrogens is 2. The molecule has 0 radical (unpaired) electrons. The van der Waals surface area contributed by atoms with Crippen LogP contribution in [0, 0.1) is 13.8 Å². The molecule has 2 heterocycles. The number of benzene rings is 1. The Morgan fingerprint density at radius 1 is 1.06 bits per heavy atom. The normalized spacial score (nSPS) is 11.1. The van der Waals surface area contributed by atoms with E-state index in [1.165, 1.54) is 21.7 Å². The van der Waals surface area contributed by atoms with Gasteiger partial charge in [-0.05, 0) is 31.5 Å². The Balaban J connectivity index is 2.30. The van der Waals surface area contributed by atoms with Crippen LogP contribution < -0.4 is 4.57 Å². The van der Waals surface area contributed by atoms with Crippen LogP contribution in [-0.2, 0) is 7.05 Å². The summed E-state index contributed by atoms with van der Waals surface area (Å²) < 4.78 is 2.24. The number of thiazole rings is 1. The smallest absolute Gasteiger partial charge is 0.235 e. The van der Waals surface area contributed by atoms with Crippen molar-refractivity contribution >= 4 is 21.7 Å². The molecule has 0 saturated heterocycles. The Kier molecular flexibility index (Phi) is 2.63. The minimum absolute atomic E-state index is 1.08. The number of pyridine rings is 1. The Morgan fingerprint density at radius 2 is 1.83 bits per heavy atom. The molecule has 0 amide bonds. The number of nitrogens with zero attached hydrogens (tertiary/aromatic N) is 2. The van der Waals surface area contributed by atoms with Gasteiger partial charge in [0.05, 0.1) is 5.01 Å². The van der Waals surface area contributed by atoms with Crippen LogP contribution in [-0.4, -0.2) is 4.98 Å². The van der Waals surface area contributed by atoms with E-state index < -0.39 is 0 Å². The average molecular weight is 255 g/mol. The zero-order chi connectivity index (χ0) is 12.7. The van der Waals surface area contributed by atoms with E-state index in [0.717, 1.165) is 10.5 Å². The Labute approximate surface area is 111 Å². The second kappa shape index (κ2) is 4.18. The first-order valence-electron chi connectivity index (χ1n) is 5.99. The molecule has 0 aliphatic carbocycles. The van der Waals surface area contributed by atoms with Gasteiger partial charge in [0.15, 0.2) is 0 Å².